The van der Waals surface area contributed by atoms with Crippen molar-refractivity contribution in [2.75, 3.05) is 26.7 Å². The molecule has 0 aliphatic carbocycles. The quantitative estimate of drug-likeness (QED) is 0.805. The van der Waals surface area contributed by atoms with E-state index in [1.807, 2.05) is 44.2 Å². The van der Waals surface area contributed by atoms with Gasteiger partial charge in [0.05, 0.1) is 13.0 Å². The van der Waals surface area contributed by atoms with E-state index in [4.69, 9.17) is 4.74 Å². The lowest BCUT2D eigenvalue weighted by molar-refractivity contribution is -0.126. The minimum atomic E-state index is -0.160. The van der Waals surface area contributed by atoms with E-state index in [0.717, 1.165) is 35.4 Å². The molecule has 3 rings (SSSR count). The number of rotatable bonds is 6. The SMILES string of the molecule is COc1ccccc1CCNC(=O)C1CCCN(C(=O)c2[nH]c(C)cc2C)C1. The number of amides is 2. The van der Waals surface area contributed by atoms with Crippen molar-refractivity contribution < 1.29 is 14.3 Å². The van der Waals surface area contributed by atoms with Crippen LogP contribution in [0, 0.1) is 19.8 Å². The summed E-state index contributed by atoms with van der Waals surface area (Å²) >= 11 is 0. The summed E-state index contributed by atoms with van der Waals surface area (Å²) in [6.07, 6.45) is 2.37. The number of carbonyl (C=O) groups is 2. The zero-order valence-corrected chi connectivity index (χ0v) is 16.9. The summed E-state index contributed by atoms with van der Waals surface area (Å²) in [4.78, 5) is 30.4. The average molecular weight is 383 g/mol. The van der Waals surface area contributed by atoms with Gasteiger partial charge in [-0.15, -0.1) is 0 Å². The van der Waals surface area contributed by atoms with Gasteiger partial charge in [0.25, 0.3) is 5.91 Å². The molecule has 1 aromatic heterocycles. The summed E-state index contributed by atoms with van der Waals surface area (Å²) in [6, 6.07) is 9.80. The number of hydrogen-bond donors (Lipinski definition) is 2. The molecule has 1 aliphatic rings. The number of nitrogens with zero attached hydrogens (tertiary/aromatic N) is 1. The molecule has 6 nitrogen and oxygen atoms in total. The van der Waals surface area contributed by atoms with Crippen LogP contribution in [0.5, 0.6) is 5.75 Å². The Bertz CT molecular complexity index is 843. The minimum Gasteiger partial charge on any atom is -0.496 e. The van der Waals surface area contributed by atoms with Gasteiger partial charge in [0, 0.05) is 25.3 Å². The zero-order valence-electron chi connectivity index (χ0n) is 16.9. The van der Waals surface area contributed by atoms with Gasteiger partial charge in [-0.05, 0) is 56.4 Å². The van der Waals surface area contributed by atoms with Gasteiger partial charge < -0.3 is 19.9 Å². The molecule has 2 heterocycles. The Morgan fingerprint density at radius 1 is 1.29 bits per heavy atom. The molecule has 1 unspecified atom stereocenters. The molecule has 1 aromatic carbocycles. The van der Waals surface area contributed by atoms with E-state index in [9.17, 15) is 9.59 Å². The molecule has 0 saturated carbocycles. The summed E-state index contributed by atoms with van der Waals surface area (Å²) in [7, 11) is 1.65. The number of benzene rings is 1. The van der Waals surface area contributed by atoms with E-state index < -0.39 is 0 Å². The molecule has 6 heteroatoms. The highest BCUT2D eigenvalue weighted by Gasteiger charge is 2.29. The van der Waals surface area contributed by atoms with Crippen molar-refractivity contribution in [2.45, 2.75) is 33.1 Å². The summed E-state index contributed by atoms with van der Waals surface area (Å²) < 4.78 is 5.35. The van der Waals surface area contributed by atoms with Crippen LogP contribution in [-0.2, 0) is 11.2 Å². The fourth-order valence-corrected chi connectivity index (χ4v) is 3.86. The van der Waals surface area contributed by atoms with Crippen LogP contribution < -0.4 is 10.1 Å². The molecule has 1 saturated heterocycles. The van der Waals surface area contributed by atoms with Crippen molar-refractivity contribution in [2.24, 2.45) is 5.92 Å². The number of methoxy groups -OCH3 is 1. The average Bonchev–Trinajstić information content (AvgIpc) is 3.05. The lowest BCUT2D eigenvalue weighted by atomic mass is 9.96. The molecular weight excluding hydrogens is 354 g/mol. The second kappa shape index (κ2) is 8.95. The van der Waals surface area contributed by atoms with Crippen LogP contribution in [0.1, 0.15) is 40.2 Å². The van der Waals surface area contributed by atoms with Gasteiger partial charge >= 0.3 is 0 Å². The van der Waals surface area contributed by atoms with Gasteiger partial charge in [-0.1, -0.05) is 18.2 Å². The van der Waals surface area contributed by atoms with Crippen molar-refractivity contribution in [3.8, 4) is 5.75 Å². The predicted octanol–water partition coefficient (Wildman–Crippen LogP) is 2.85. The van der Waals surface area contributed by atoms with Gasteiger partial charge in [-0.3, -0.25) is 9.59 Å². The number of aryl methyl sites for hydroxylation is 2. The number of carbonyl (C=O) groups excluding carboxylic acids is 2. The minimum absolute atomic E-state index is 0.0166. The Balaban J connectivity index is 1.54. The Labute approximate surface area is 166 Å². The van der Waals surface area contributed by atoms with Gasteiger partial charge in [0.15, 0.2) is 0 Å². The second-order valence-corrected chi connectivity index (χ2v) is 7.45. The molecule has 150 valence electrons. The van der Waals surface area contributed by atoms with E-state index in [1.54, 1.807) is 12.0 Å². The molecule has 28 heavy (non-hydrogen) atoms. The molecule has 1 aliphatic heterocycles. The maximum absolute atomic E-state index is 12.8. The first-order valence-electron chi connectivity index (χ1n) is 9.84. The first-order valence-corrected chi connectivity index (χ1v) is 9.84. The first-order chi connectivity index (χ1) is 13.5. The molecule has 2 aromatic rings. The number of aromatic amines is 1. The zero-order chi connectivity index (χ0) is 20.1. The highest BCUT2D eigenvalue weighted by atomic mass is 16.5. The molecule has 0 bridgehead atoms. The lowest BCUT2D eigenvalue weighted by Crippen LogP contribution is -2.46. The summed E-state index contributed by atoms with van der Waals surface area (Å²) in [5.41, 5.74) is 3.63. The third-order valence-electron chi connectivity index (χ3n) is 5.33. The van der Waals surface area contributed by atoms with Crippen LogP contribution >= 0.6 is 0 Å². The summed E-state index contributed by atoms with van der Waals surface area (Å²) in [5.74, 6) is 0.679. The van der Waals surface area contributed by atoms with E-state index >= 15 is 0 Å². The van der Waals surface area contributed by atoms with Gasteiger partial charge in [-0.2, -0.15) is 0 Å². The highest BCUT2D eigenvalue weighted by Crippen LogP contribution is 2.21. The third kappa shape index (κ3) is 4.55. The Hall–Kier alpha value is -2.76. The smallest absolute Gasteiger partial charge is 0.270 e. The standard InChI is InChI=1S/C22H29N3O3/c1-15-13-16(2)24-20(15)22(27)25-12-6-8-18(14-25)21(26)23-11-10-17-7-4-5-9-19(17)28-3/h4-5,7,9,13,18,24H,6,8,10-12,14H2,1-3H3,(H,23,26). The number of hydrogen-bond acceptors (Lipinski definition) is 3. The van der Waals surface area contributed by atoms with Crippen LogP contribution in [0.15, 0.2) is 30.3 Å². The predicted molar refractivity (Wildman–Crippen MR) is 109 cm³/mol. The number of ether oxygens (including phenoxy) is 1. The van der Waals surface area contributed by atoms with Crippen molar-refractivity contribution in [3.63, 3.8) is 0 Å². The molecule has 1 fully saturated rings. The van der Waals surface area contributed by atoms with E-state index in [1.165, 1.54) is 0 Å². The van der Waals surface area contributed by atoms with E-state index in [-0.39, 0.29) is 17.7 Å². The highest BCUT2D eigenvalue weighted by molar-refractivity contribution is 5.94. The maximum atomic E-state index is 12.8. The van der Waals surface area contributed by atoms with E-state index in [2.05, 4.69) is 10.3 Å². The summed E-state index contributed by atoms with van der Waals surface area (Å²) in [6.45, 7) is 5.59. The third-order valence-corrected chi connectivity index (χ3v) is 5.33. The molecule has 0 spiro atoms. The van der Waals surface area contributed by atoms with E-state index in [0.29, 0.717) is 31.7 Å². The van der Waals surface area contributed by atoms with Crippen LogP contribution in [0.4, 0.5) is 0 Å². The monoisotopic (exact) mass is 383 g/mol. The largest absolute Gasteiger partial charge is 0.496 e. The Morgan fingerprint density at radius 3 is 2.79 bits per heavy atom. The number of nitrogens with one attached hydrogen (secondary N) is 2. The fourth-order valence-electron chi connectivity index (χ4n) is 3.86. The number of H-pyrrole nitrogens is 1. The molecule has 2 amide bonds. The second-order valence-electron chi connectivity index (χ2n) is 7.45. The lowest BCUT2D eigenvalue weighted by Gasteiger charge is -2.32. The van der Waals surface area contributed by atoms with Crippen molar-refractivity contribution in [3.05, 3.63) is 52.8 Å². The van der Waals surface area contributed by atoms with Gasteiger partial charge in [0.1, 0.15) is 11.4 Å². The molecule has 1 atom stereocenters. The van der Waals surface area contributed by atoms with Crippen molar-refractivity contribution in [1.29, 1.82) is 0 Å². The topological polar surface area (TPSA) is 74.4 Å². The van der Waals surface area contributed by atoms with Gasteiger partial charge in [-0.25, -0.2) is 0 Å². The molecule has 0 radical (unpaired) electrons. The Morgan fingerprint density at radius 2 is 2.07 bits per heavy atom. The Kier molecular flexibility index (Phi) is 6.39. The normalized spacial score (nSPS) is 16.7. The molecule has 2 N–H and O–H groups in total. The van der Waals surface area contributed by atoms with Gasteiger partial charge in [0.2, 0.25) is 5.91 Å². The maximum Gasteiger partial charge on any atom is 0.270 e. The number of likely N-dealkylation sites (tertiary alicyclic amines) is 1. The number of aromatic nitrogens is 1. The van der Waals surface area contributed by atoms with Crippen LogP contribution in [0.2, 0.25) is 0 Å². The number of para-hydroxylation sites is 1. The number of piperidine rings is 1. The van der Waals surface area contributed by atoms with Crippen LogP contribution in [-0.4, -0.2) is 48.4 Å². The molecular formula is C22H29N3O3. The van der Waals surface area contributed by atoms with Crippen molar-refractivity contribution >= 4 is 11.8 Å². The van der Waals surface area contributed by atoms with Crippen molar-refractivity contribution in [1.82, 2.24) is 15.2 Å². The first kappa shape index (κ1) is 20.0. The van der Waals surface area contributed by atoms with Crippen LogP contribution in [0.3, 0.4) is 0 Å². The van der Waals surface area contributed by atoms with Crippen LogP contribution in [0.25, 0.3) is 0 Å². The fraction of sp³-hybridized carbons (Fsp3) is 0.455. The summed E-state index contributed by atoms with van der Waals surface area (Å²) in [5, 5.41) is 3.03.